The van der Waals surface area contributed by atoms with E-state index in [2.05, 4.69) is 15.8 Å². The summed E-state index contributed by atoms with van der Waals surface area (Å²) in [5, 5.41) is 15.1. The molecule has 0 aliphatic rings. The number of hydrogen-bond donors (Lipinski definition) is 3. The van der Waals surface area contributed by atoms with Crippen LogP contribution in [0.5, 0.6) is 0 Å². The van der Waals surface area contributed by atoms with E-state index < -0.39 is 11.8 Å². The van der Waals surface area contributed by atoms with Crippen molar-refractivity contribution in [2.24, 2.45) is 5.10 Å². The Morgan fingerprint density at radius 1 is 1.24 bits per heavy atom. The van der Waals surface area contributed by atoms with Gasteiger partial charge in [0.15, 0.2) is 0 Å². The minimum Gasteiger partial charge on any atom is -0.467 e. The number of aliphatic hydroxyl groups is 1. The molecule has 2 aromatic rings. The Morgan fingerprint density at radius 2 is 2.00 bits per heavy atom. The molecule has 0 saturated heterocycles. The Hall–Kier alpha value is -3.13. The Morgan fingerprint density at radius 3 is 2.64 bits per heavy atom. The lowest BCUT2D eigenvalue weighted by Gasteiger charge is -2.17. The summed E-state index contributed by atoms with van der Waals surface area (Å²) in [4.78, 5) is 25.1. The van der Waals surface area contributed by atoms with E-state index in [0.29, 0.717) is 12.3 Å². The highest BCUT2D eigenvalue weighted by molar-refractivity contribution is 6.35. The van der Waals surface area contributed by atoms with E-state index in [-0.39, 0.29) is 13.2 Å². The van der Waals surface area contributed by atoms with Gasteiger partial charge in [-0.1, -0.05) is 12.1 Å². The Labute approximate surface area is 145 Å². The van der Waals surface area contributed by atoms with E-state index in [4.69, 9.17) is 9.52 Å². The fraction of sp³-hybridized carbons (Fsp3) is 0.235. The molecule has 0 spiro atoms. The lowest BCUT2D eigenvalue weighted by Crippen LogP contribution is -2.37. The third-order valence-electron chi connectivity index (χ3n) is 3.36. The molecule has 2 rings (SSSR count). The molecule has 0 fully saturated rings. The first-order valence-corrected chi connectivity index (χ1v) is 7.66. The van der Waals surface area contributed by atoms with E-state index in [9.17, 15) is 9.59 Å². The molecule has 0 saturated carbocycles. The van der Waals surface area contributed by atoms with Crippen LogP contribution >= 0.6 is 0 Å². The van der Waals surface area contributed by atoms with Crippen LogP contribution in [0.25, 0.3) is 0 Å². The van der Waals surface area contributed by atoms with Crippen molar-refractivity contribution in [3.8, 4) is 0 Å². The van der Waals surface area contributed by atoms with Crippen molar-refractivity contribution in [2.75, 3.05) is 25.1 Å². The molecule has 0 atom stereocenters. The fourth-order valence-electron chi connectivity index (χ4n) is 1.97. The van der Waals surface area contributed by atoms with Crippen molar-refractivity contribution in [1.29, 1.82) is 0 Å². The number of amides is 2. The molecule has 1 aromatic heterocycles. The minimum atomic E-state index is -0.859. The van der Waals surface area contributed by atoms with Crippen molar-refractivity contribution in [3.63, 3.8) is 0 Å². The van der Waals surface area contributed by atoms with Gasteiger partial charge >= 0.3 is 11.8 Å². The Kier molecular flexibility index (Phi) is 6.73. The van der Waals surface area contributed by atoms with Gasteiger partial charge < -0.3 is 19.7 Å². The summed E-state index contributed by atoms with van der Waals surface area (Å²) in [5.41, 5.74) is 3.88. The standard InChI is InChI=1S/C17H20N4O4/c1-21(8-9-22)14-6-4-13(5-7-14)11-19-20-17(24)16(23)18-12-15-3-2-10-25-15/h2-7,10-11,22H,8-9,12H2,1H3,(H,18,23)(H,20,24)/b19-11-. The number of benzene rings is 1. The molecule has 8 nitrogen and oxygen atoms in total. The topological polar surface area (TPSA) is 107 Å². The van der Waals surface area contributed by atoms with Gasteiger partial charge in [-0.15, -0.1) is 0 Å². The summed E-state index contributed by atoms with van der Waals surface area (Å²) in [6.45, 7) is 0.746. The van der Waals surface area contributed by atoms with E-state index in [0.717, 1.165) is 11.3 Å². The number of furan rings is 1. The zero-order valence-corrected chi connectivity index (χ0v) is 13.8. The van der Waals surface area contributed by atoms with Crippen LogP contribution in [0.15, 0.2) is 52.2 Å². The smallest absolute Gasteiger partial charge is 0.329 e. The van der Waals surface area contributed by atoms with Crippen LogP contribution < -0.4 is 15.6 Å². The van der Waals surface area contributed by atoms with Crippen LogP contribution in [0.4, 0.5) is 5.69 Å². The van der Waals surface area contributed by atoms with Crippen LogP contribution in [0.2, 0.25) is 0 Å². The van der Waals surface area contributed by atoms with Crippen molar-refractivity contribution in [1.82, 2.24) is 10.7 Å². The number of nitrogens with zero attached hydrogens (tertiary/aromatic N) is 2. The van der Waals surface area contributed by atoms with Crippen LogP contribution in [0, 0.1) is 0 Å². The molecule has 2 amide bonds. The third kappa shape index (κ3) is 5.78. The molecule has 0 aliphatic carbocycles. The van der Waals surface area contributed by atoms with Gasteiger partial charge in [-0.2, -0.15) is 5.10 Å². The van der Waals surface area contributed by atoms with E-state index in [1.807, 2.05) is 36.2 Å². The minimum absolute atomic E-state index is 0.0771. The highest BCUT2D eigenvalue weighted by Crippen LogP contribution is 2.12. The third-order valence-corrected chi connectivity index (χ3v) is 3.36. The van der Waals surface area contributed by atoms with Crippen molar-refractivity contribution < 1.29 is 19.1 Å². The summed E-state index contributed by atoms with van der Waals surface area (Å²) >= 11 is 0. The number of carbonyl (C=O) groups excluding carboxylic acids is 2. The van der Waals surface area contributed by atoms with Gasteiger partial charge in [0.2, 0.25) is 0 Å². The fourth-order valence-corrected chi connectivity index (χ4v) is 1.97. The van der Waals surface area contributed by atoms with Crippen molar-refractivity contribution >= 4 is 23.7 Å². The zero-order valence-electron chi connectivity index (χ0n) is 13.8. The van der Waals surface area contributed by atoms with Crippen LogP contribution in [-0.4, -0.2) is 43.3 Å². The largest absolute Gasteiger partial charge is 0.467 e. The quantitative estimate of drug-likeness (QED) is 0.385. The monoisotopic (exact) mass is 344 g/mol. The summed E-state index contributed by atoms with van der Waals surface area (Å²) in [5.74, 6) is -1.10. The lowest BCUT2D eigenvalue weighted by molar-refractivity contribution is -0.139. The van der Waals surface area contributed by atoms with Gasteiger partial charge in [-0.25, -0.2) is 5.43 Å². The van der Waals surface area contributed by atoms with Gasteiger partial charge in [0, 0.05) is 19.3 Å². The highest BCUT2D eigenvalue weighted by Gasteiger charge is 2.12. The number of carbonyl (C=O) groups is 2. The lowest BCUT2D eigenvalue weighted by atomic mass is 10.2. The number of anilines is 1. The first kappa shape index (κ1) is 18.2. The summed E-state index contributed by atoms with van der Waals surface area (Å²) in [7, 11) is 1.88. The first-order chi connectivity index (χ1) is 12.1. The van der Waals surface area contributed by atoms with E-state index in [1.54, 1.807) is 12.1 Å². The van der Waals surface area contributed by atoms with Gasteiger partial charge in [-0.05, 0) is 29.8 Å². The number of hydrogen-bond acceptors (Lipinski definition) is 6. The van der Waals surface area contributed by atoms with Crippen LogP contribution in [-0.2, 0) is 16.1 Å². The number of aliphatic hydroxyl groups excluding tert-OH is 1. The molecular formula is C17H20N4O4. The molecule has 3 N–H and O–H groups in total. The maximum Gasteiger partial charge on any atom is 0.329 e. The number of rotatable bonds is 7. The van der Waals surface area contributed by atoms with Crippen molar-refractivity contribution in [3.05, 3.63) is 54.0 Å². The second-order valence-corrected chi connectivity index (χ2v) is 5.20. The highest BCUT2D eigenvalue weighted by atomic mass is 16.3. The van der Waals surface area contributed by atoms with Gasteiger partial charge in [0.1, 0.15) is 5.76 Å². The normalized spacial score (nSPS) is 10.6. The molecule has 132 valence electrons. The number of hydrazone groups is 1. The van der Waals surface area contributed by atoms with Crippen LogP contribution in [0.3, 0.4) is 0 Å². The molecular weight excluding hydrogens is 324 g/mol. The first-order valence-electron chi connectivity index (χ1n) is 7.66. The van der Waals surface area contributed by atoms with E-state index >= 15 is 0 Å². The predicted octanol–water partition coefficient (Wildman–Crippen LogP) is 0.475. The molecule has 25 heavy (non-hydrogen) atoms. The molecule has 1 heterocycles. The molecule has 0 aliphatic heterocycles. The number of likely N-dealkylation sites (N-methyl/N-ethyl adjacent to an activating group) is 1. The molecule has 8 heteroatoms. The number of nitrogens with one attached hydrogen (secondary N) is 2. The van der Waals surface area contributed by atoms with Gasteiger partial charge in [0.25, 0.3) is 0 Å². The summed E-state index contributed by atoms with van der Waals surface area (Å²) in [6, 6.07) is 10.8. The average molecular weight is 344 g/mol. The predicted molar refractivity (Wildman–Crippen MR) is 93.1 cm³/mol. The second-order valence-electron chi connectivity index (χ2n) is 5.20. The Balaban J connectivity index is 1.79. The van der Waals surface area contributed by atoms with Gasteiger partial charge in [0.05, 0.1) is 25.6 Å². The zero-order chi connectivity index (χ0) is 18.1. The average Bonchev–Trinajstić information content (AvgIpc) is 3.14. The molecule has 1 aromatic carbocycles. The van der Waals surface area contributed by atoms with Crippen LogP contribution in [0.1, 0.15) is 11.3 Å². The maximum absolute atomic E-state index is 11.6. The van der Waals surface area contributed by atoms with Gasteiger partial charge in [-0.3, -0.25) is 9.59 Å². The molecule has 0 unspecified atom stereocenters. The maximum atomic E-state index is 11.6. The summed E-state index contributed by atoms with van der Waals surface area (Å²) in [6.07, 6.45) is 2.92. The second kappa shape index (κ2) is 9.24. The van der Waals surface area contributed by atoms with Crippen molar-refractivity contribution in [2.45, 2.75) is 6.54 Å². The summed E-state index contributed by atoms with van der Waals surface area (Å²) < 4.78 is 5.05. The molecule has 0 radical (unpaired) electrons. The Bertz CT molecular complexity index is 711. The molecule has 0 bridgehead atoms. The van der Waals surface area contributed by atoms with E-state index in [1.165, 1.54) is 12.5 Å². The SMILES string of the molecule is CN(CCO)c1ccc(/C=N\NC(=O)C(=O)NCc2ccco2)cc1.